The first-order chi connectivity index (χ1) is 9.38. The van der Waals surface area contributed by atoms with Crippen LogP contribution in [0.2, 0.25) is 0 Å². The summed E-state index contributed by atoms with van der Waals surface area (Å²) in [5.74, 6) is 0. The molecule has 2 fully saturated rings. The van der Waals surface area contributed by atoms with Gasteiger partial charge in [0.1, 0.15) is 0 Å². The lowest BCUT2D eigenvalue weighted by atomic mass is 9.86. The third kappa shape index (κ3) is 2.44. The lowest BCUT2D eigenvalue weighted by molar-refractivity contribution is -0.137. The van der Waals surface area contributed by atoms with Crippen molar-refractivity contribution in [3.63, 3.8) is 0 Å². The van der Waals surface area contributed by atoms with Crippen molar-refractivity contribution < 1.29 is 18.3 Å². The van der Waals surface area contributed by atoms with Gasteiger partial charge < -0.3 is 5.11 Å². The highest BCUT2D eigenvalue weighted by Crippen LogP contribution is 2.38. The van der Waals surface area contributed by atoms with Crippen LogP contribution >= 0.6 is 0 Å². The van der Waals surface area contributed by atoms with Crippen LogP contribution in [0.1, 0.15) is 30.4 Å². The van der Waals surface area contributed by atoms with Gasteiger partial charge >= 0.3 is 6.18 Å². The summed E-state index contributed by atoms with van der Waals surface area (Å²) in [5, 5.41) is 10.8. The number of hydrogen-bond donors (Lipinski definition) is 1. The molecule has 5 heteroatoms. The summed E-state index contributed by atoms with van der Waals surface area (Å²) in [5.41, 5.74) is -0.646. The molecule has 0 aromatic heterocycles. The monoisotopic (exact) mass is 285 g/mol. The molecule has 0 bridgehead atoms. The van der Waals surface area contributed by atoms with Gasteiger partial charge in [0.2, 0.25) is 0 Å². The smallest absolute Gasteiger partial charge is 0.388 e. The van der Waals surface area contributed by atoms with E-state index >= 15 is 0 Å². The second-order valence-corrected chi connectivity index (χ2v) is 5.92. The van der Waals surface area contributed by atoms with Gasteiger partial charge in [0.05, 0.1) is 11.2 Å². The molecule has 0 saturated carbocycles. The van der Waals surface area contributed by atoms with Crippen LogP contribution < -0.4 is 0 Å². The van der Waals surface area contributed by atoms with Crippen molar-refractivity contribution in [1.82, 2.24) is 4.90 Å². The minimum Gasteiger partial charge on any atom is -0.388 e. The molecule has 110 valence electrons. The molecule has 2 nitrogen and oxygen atoms in total. The number of rotatable bonds is 2. The van der Waals surface area contributed by atoms with Gasteiger partial charge in [-0.2, -0.15) is 13.2 Å². The molecule has 2 heterocycles. The van der Waals surface area contributed by atoms with Crippen molar-refractivity contribution in [2.24, 2.45) is 0 Å². The molecule has 1 aromatic carbocycles. The third-order valence-corrected chi connectivity index (χ3v) is 4.61. The molecule has 0 aliphatic carbocycles. The van der Waals surface area contributed by atoms with Gasteiger partial charge in [0.15, 0.2) is 0 Å². The first-order valence-electron chi connectivity index (χ1n) is 7.01. The Balaban J connectivity index is 1.74. The Morgan fingerprint density at radius 3 is 2.55 bits per heavy atom. The lowest BCUT2D eigenvalue weighted by Gasteiger charge is -2.30. The zero-order valence-electron chi connectivity index (χ0n) is 11.2. The fourth-order valence-electron chi connectivity index (χ4n) is 3.58. The van der Waals surface area contributed by atoms with E-state index in [4.69, 9.17) is 0 Å². The van der Waals surface area contributed by atoms with E-state index in [2.05, 4.69) is 4.90 Å². The fraction of sp³-hybridized carbons (Fsp3) is 0.600. The molecule has 2 saturated heterocycles. The number of aliphatic hydroxyl groups is 1. The van der Waals surface area contributed by atoms with Gasteiger partial charge in [0, 0.05) is 19.0 Å². The lowest BCUT2D eigenvalue weighted by Crippen LogP contribution is -2.42. The van der Waals surface area contributed by atoms with Gasteiger partial charge in [-0.3, -0.25) is 4.90 Å². The van der Waals surface area contributed by atoms with E-state index in [1.165, 1.54) is 12.1 Å². The maximum Gasteiger partial charge on any atom is 0.416 e. The molecule has 2 atom stereocenters. The van der Waals surface area contributed by atoms with Crippen LogP contribution in [0.25, 0.3) is 0 Å². The van der Waals surface area contributed by atoms with Crippen molar-refractivity contribution in [2.45, 2.75) is 43.5 Å². The SMILES string of the molecule is OC1(Cc2ccc(C(F)(F)F)cc2)CCN2CCCC21. The number of halogens is 3. The topological polar surface area (TPSA) is 23.5 Å². The summed E-state index contributed by atoms with van der Waals surface area (Å²) in [7, 11) is 0. The van der Waals surface area contributed by atoms with Crippen LogP contribution in [0, 0.1) is 0 Å². The Labute approximate surface area is 116 Å². The summed E-state index contributed by atoms with van der Waals surface area (Å²) in [6.07, 6.45) is -1.08. The standard InChI is InChI=1S/C15H18F3NO/c16-15(17,18)12-5-3-11(4-6-12)10-14(20)7-9-19-8-1-2-13(14)19/h3-6,13,20H,1-2,7-10H2. The number of nitrogens with zero attached hydrogens (tertiary/aromatic N) is 1. The summed E-state index contributed by atoms with van der Waals surface area (Å²) in [6.45, 7) is 1.92. The summed E-state index contributed by atoms with van der Waals surface area (Å²) < 4.78 is 37.6. The number of hydrogen-bond acceptors (Lipinski definition) is 2. The highest BCUT2D eigenvalue weighted by atomic mass is 19.4. The maximum atomic E-state index is 12.5. The molecule has 2 aliphatic heterocycles. The molecular formula is C15H18F3NO. The van der Waals surface area contributed by atoms with Crippen molar-refractivity contribution in [2.75, 3.05) is 13.1 Å². The average molecular weight is 285 g/mol. The predicted octanol–water partition coefficient (Wildman–Crippen LogP) is 2.85. The van der Waals surface area contributed by atoms with Crippen LogP contribution in [-0.4, -0.2) is 34.7 Å². The Bertz CT molecular complexity index is 485. The molecular weight excluding hydrogens is 267 g/mol. The highest BCUT2D eigenvalue weighted by molar-refractivity contribution is 5.26. The van der Waals surface area contributed by atoms with Crippen molar-refractivity contribution in [3.05, 3.63) is 35.4 Å². The Morgan fingerprint density at radius 1 is 1.20 bits per heavy atom. The second kappa shape index (κ2) is 4.74. The Morgan fingerprint density at radius 2 is 1.90 bits per heavy atom. The van der Waals surface area contributed by atoms with Gasteiger partial charge in [-0.25, -0.2) is 0 Å². The van der Waals surface area contributed by atoms with Crippen LogP contribution in [0.5, 0.6) is 0 Å². The van der Waals surface area contributed by atoms with Crippen LogP contribution in [0.15, 0.2) is 24.3 Å². The highest BCUT2D eigenvalue weighted by Gasteiger charge is 2.47. The molecule has 0 radical (unpaired) electrons. The molecule has 20 heavy (non-hydrogen) atoms. The number of benzene rings is 1. The molecule has 3 rings (SSSR count). The molecule has 2 aliphatic rings. The Kier molecular flexibility index (Phi) is 3.29. The van der Waals surface area contributed by atoms with Crippen LogP contribution in [0.4, 0.5) is 13.2 Å². The van der Waals surface area contributed by atoms with Gasteiger partial charge in [-0.05, 0) is 43.5 Å². The van der Waals surface area contributed by atoms with E-state index in [0.717, 1.165) is 43.6 Å². The first kappa shape index (κ1) is 13.9. The minimum absolute atomic E-state index is 0.171. The molecule has 0 spiro atoms. The quantitative estimate of drug-likeness (QED) is 0.903. The summed E-state index contributed by atoms with van der Waals surface area (Å²) in [6, 6.07) is 5.33. The normalized spacial score (nSPS) is 30.7. The zero-order chi connectivity index (χ0) is 14.4. The van der Waals surface area contributed by atoms with E-state index in [1.54, 1.807) is 0 Å². The molecule has 0 amide bonds. The number of alkyl halides is 3. The van der Waals surface area contributed by atoms with E-state index in [1.807, 2.05) is 0 Å². The summed E-state index contributed by atoms with van der Waals surface area (Å²) in [4.78, 5) is 2.30. The maximum absolute atomic E-state index is 12.5. The largest absolute Gasteiger partial charge is 0.416 e. The van der Waals surface area contributed by atoms with E-state index in [9.17, 15) is 18.3 Å². The fourth-order valence-corrected chi connectivity index (χ4v) is 3.58. The van der Waals surface area contributed by atoms with Crippen molar-refractivity contribution >= 4 is 0 Å². The minimum atomic E-state index is -4.30. The van der Waals surface area contributed by atoms with Gasteiger partial charge in [-0.1, -0.05) is 12.1 Å². The third-order valence-electron chi connectivity index (χ3n) is 4.61. The first-order valence-corrected chi connectivity index (χ1v) is 7.01. The van der Waals surface area contributed by atoms with E-state index in [-0.39, 0.29) is 6.04 Å². The molecule has 1 N–H and O–H groups in total. The van der Waals surface area contributed by atoms with E-state index in [0.29, 0.717) is 12.8 Å². The second-order valence-electron chi connectivity index (χ2n) is 5.92. The van der Waals surface area contributed by atoms with Crippen LogP contribution in [-0.2, 0) is 12.6 Å². The summed E-state index contributed by atoms with van der Waals surface area (Å²) >= 11 is 0. The van der Waals surface area contributed by atoms with Crippen molar-refractivity contribution in [1.29, 1.82) is 0 Å². The zero-order valence-corrected chi connectivity index (χ0v) is 11.2. The molecule has 1 aromatic rings. The number of fused-ring (bicyclic) bond motifs is 1. The average Bonchev–Trinajstić information content (AvgIpc) is 2.94. The molecule has 2 unspecified atom stereocenters. The van der Waals surface area contributed by atoms with Crippen LogP contribution in [0.3, 0.4) is 0 Å². The Hall–Kier alpha value is -1.07. The van der Waals surface area contributed by atoms with E-state index < -0.39 is 17.3 Å². The van der Waals surface area contributed by atoms with Crippen molar-refractivity contribution in [3.8, 4) is 0 Å². The van der Waals surface area contributed by atoms with Gasteiger partial charge in [-0.15, -0.1) is 0 Å². The van der Waals surface area contributed by atoms with Gasteiger partial charge in [0.25, 0.3) is 0 Å². The predicted molar refractivity (Wildman–Crippen MR) is 69.3 cm³/mol.